The van der Waals surface area contributed by atoms with Crippen molar-refractivity contribution in [1.82, 2.24) is 0 Å². The molecule has 0 unspecified atom stereocenters. The van der Waals surface area contributed by atoms with Gasteiger partial charge in [0.2, 0.25) is 0 Å². The maximum atomic E-state index is 5.92. The fourth-order valence-corrected chi connectivity index (χ4v) is 1.45. The first kappa shape index (κ1) is 9.69. The van der Waals surface area contributed by atoms with Crippen molar-refractivity contribution in [2.24, 2.45) is 0 Å². The summed E-state index contributed by atoms with van der Waals surface area (Å²) >= 11 is 11.8. The second-order valence-electron chi connectivity index (χ2n) is 2.52. The van der Waals surface area contributed by atoms with Crippen LogP contribution in [-0.4, -0.2) is 6.54 Å². The normalized spacial score (nSPS) is 9.92. The van der Waals surface area contributed by atoms with Crippen LogP contribution < -0.4 is 5.32 Å². The number of halogens is 2. The smallest absolute Gasteiger partial charge is 0.0718 e. The molecule has 3 heteroatoms. The van der Waals surface area contributed by atoms with Gasteiger partial charge in [0.25, 0.3) is 0 Å². The van der Waals surface area contributed by atoms with Crippen LogP contribution >= 0.6 is 23.2 Å². The van der Waals surface area contributed by atoms with Gasteiger partial charge in [-0.1, -0.05) is 36.2 Å². The van der Waals surface area contributed by atoms with Crippen molar-refractivity contribution in [3.8, 4) is 0 Å². The molecule has 1 aromatic rings. The number of anilines is 1. The molecule has 0 saturated carbocycles. The van der Waals surface area contributed by atoms with E-state index in [1.165, 1.54) is 0 Å². The van der Waals surface area contributed by atoms with Crippen molar-refractivity contribution in [3.05, 3.63) is 28.2 Å². The molecule has 0 heterocycles. The summed E-state index contributed by atoms with van der Waals surface area (Å²) < 4.78 is 0. The first-order valence-corrected chi connectivity index (χ1v) is 4.69. The zero-order chi connectivity index (χ0) is 8.97. The molecule has 1 N–H and O–H groups in total. The van der Waals surface area contributed by atoms with Gasteiger partial charge in [-0.15, -0.1) is 0 Å². The maximum absolute atomic E-state index is 5.92. The fourth-order valence-electron chi connectivity index (χ4n) is 0.917. The summed E-state index contributed by atoms with van der Waals surface area (Å²) in [5, 5.41) is 4.52. The lowest BCUT2D eigenvalue weighted by Crippen LogP contribution is -2.00. The van der Waals surface area contributed by atoms with Gasteiger partial charge in [-0.2, -0.15) is 0 Å². The quantitative estimate of drug-likeness (QED) is 0.789. The Kier molecular flexibility index (Phi) is 3.70. The van der Waals surface area contributed by atoms with Gasteiger partial charge >= 0.3 is 0 Å². The Bertz CT molecular complexity index is 240. The highest BCUT2D eigenvalue weighted by atomic mass is 35.5. The largest absolute Gasteiger partial charge is 0.383 e. The van der Waals surface area contributed by atoms with Crippen LogP contribution in [0.25, 0.3) is 0 Å². The van der Waals surface area contributed by atoms with Crippen LogP contribution in [0.4, 0.5) is 5.69 Å². The minimum Gasteiger partial charge on any atom is -0.383 e. The molecule has 0 fully saturated rings. The standard InChI is InChI=1S/C9H11Cl2N/c1-2-6-12-9-7(10)4-3-5-8(9)11/h3-5,12H,2,6H2,1H3. The van der Waals surface area contributed by atoms with Crippen LogP contribution in [0, 0.1) is 0 Å². The molecule has 0 atom stereocenters. The Morgan fingerprint density at radius 1 is 1.25 bits per heavy atom. The Morgan fingerprint density at radius 3 is 2.33 bits per heavy atom. The molecule has 0 aliphatic carbocycles. The number of rotatable bonds is 3. The monoisotopic (exact) mass is 203 g/mol. The van der Waals surface area contributed by atoms with Crippen molar-refractivity contribution >= 4 is 28.9 Å². The van der Waals surface area contributed by atoms with Gasteiger partial charge in [0, 0.05) is 6.54 Å². The van der Waals surface area contributed by atoms with E-state index in [4.69, 9.17) is 23.2 Å². The van der Waals surface area contributed by atoms with E-state index in [9.17, 15) is 0 Å². The molecule has 1 rings (SSSR count). The number of hydrogen-bond acceptors (Lipinski definition) is 1. The summed E-state index contributed by atoms with van der Waals surface area (Å²) in [6.07, 6.45) is 1.06. The van der Waals surface area contributed by atoms with E-state index in [0.29, 0.717) is 10.0 Å². The van der Waals surface area contributed by atoms with Crippen LogP contribution in [0.5, 0.6) is 0 Å². The van der Waals surface area contributed by atoms with Gasteiger partial charge in [-0.25, -0.2) is 0 Å². The van der Waals surface area contributed by atoms with Crippen LogP contribution in [-0.2, 0) is 0 Å². The second kappa shape index (κ2) is 4.58. The SMILES string of the molecule is CCCNc1c(Cl)cccc1Cl. The highest BCUT2D eigenvalue weighted by molar-refractivity contribution is 6.39. The Labute approximate surface area is 82.7 Å². The molecule has 0 spiro atoms. The molecular formula is C9H11Cl2N. The number of benzene rings is 1. The van der Waals surface area contributed by atoms with Gasteiger partial charge in [-0.3, -0.25) is 0 Å². The van der Waals surface area contributed by atoms with E-state index in [1.807, 2.05) is 18.2 Å². The van der Waals surface area contributed by atoms with Gasteiger partial charge in [-0.05, 0) is 18.6 Å². The molecule has 0 radical (unpaired) electrons. The molecule has 0 saturated heterocycles. The van der Waals surface area contributed by atoms with E-state index < -0.39 is 0 Å². The molecule has 0 amide bonds. The molecule has 1 aromatic carbocycles. The summed E-state index contributed by atoms with van der Waals surface area (Å²) in [6.45, 7) is 2.99. The first-order valence-electron chi connectivity index (χ1n) is 3.93. The number of para-hydroxylation sites is 1. The molecule has 0 aliphatic heterocycles. The van der Waals surface area contributed by atoms with Gasteiger partial charge < -0.3 is 5.32 Å². The van der Waals surface area contributed by atoms with Gasteiger partial charge in [0.05, 0.1) is 15.7 Å². The van der Waals surface area contributed by atoms with Crippen LogP contribution in [0.1, 0.15) is 13.3 Å². The number of hydrogen-bond donors (Lipinski definition) is 1. The van der Waals surface area contributed by atoms with E-state index in [-0.39, 0.29) is 0 Å². The lowest BCUT2D eigenvalue weighted by Gasteiger charge is -2.08. The third-order valence-corrected chi connectivity index (χ3v) is 2.14. The zero-order valence-electron chi connectivity index (χ0n) is 6.90. The predicted octanol–water partition coefficient (Wildman–Crippen LogP) is 3.82. The van der Waals surface area contributed by atoms with Crippen molar-refractivity contribution in [1.29, 1.82) is 0 Å². The third-order valence-electron chi connectivity index (χ3n) is 1.51. The van der Waals surface area contributed by atoms with Crippen molar-refractivity contribution in [2.45, 2.75) is 13.3 Å². The summed E-state index contributed by atoms with van der Waals surface area (Å²) in [5.74, 6) is 0. The molecule has 66 valence electrons. The third kappa shape index (κ3) is 2.29. The highest BCUT2D eigenvalue weighted by Gasteiger charge is 2.02. The Balaban J connectivity index is 2.81. The Hall–Kier alpha value is -0.400. The van der Waals surface area contributed by atoms with E-state index in [0.717, 1.165) is 18.7 Å². The lowest BCUT2D eigenvalue weighted by molar-refractivity contribution is 0.980. The van der Waals surface area contributed by atoms with Crippen LogP contribution in [0.2, 0.25) is 10.0 Å². The molecular weight excluding hydrogens is 193 g/mol. The maximum Gasteiger partial charge on any atom is 0.0718 e. The molecule has 0 bridgehead atoms. The average molecular weight is 204 g/mol. The summed E-state index contributed by atoms with van der Waals surface area (Å²) in [7, 11) is 0. The topological polar surface area (TPSA) is 12.0 Å². The molecule has 1 nitrogen and oxygen atoms in total. The summed E-state index contributed by atoms with van der Waals surface area (Å²) in [5.41, 5.74) is 0.836. The first-order chi connectivity index (χ1) is 5.75. The van der Waals surface area contributed by atoms with E-state index in [2.05, 4.69) is 12.2 Å². The van der Waals surface area contributed by atoms with Crippen molar-refractivity contribution in [2.75, 3.05) is 11.9 Å². The summed E-state index contributed by atoms with van der Waals surface area (Å²) in [6, 6.07) is 5.48. The second-order valence-corrected chi connectivity index (χ2v) is 3.34. The molecule has 0 aliphatic rings. The predicted molar refractivity (Wildman–Crippen MR) is 55.2 cm³/mol. The van der Waals surface area contributed by atoms with E-state index in [1.54, 1.807) is 0 Å². The highest BCUT2D eigenvalue weighted by Crippen LogP contribution is 2.29. The zero-order valence-corrected chi connectivity index (χ0v) is 8.41. The molecule has 0 aromatic heterocycles. The Morgan fingerprint density at radius 2 is 1.83 bits per heavy atom. The van der Waals surface area contributed by atoms with Crippen LogP contribution in [0.15, 0.2) is 18.2 Å². The van der Waals surface area contributed by atoms with Gasteiger partial charge in [0.1, 0.15) is 0 Å². The van der Waals surface area contributed by atoms with Gasteiger partial charge in [0.15, 0.2) is 0 Å². The summed E-state index contributed by atoms with van der Waals surface area (Å²) in [4.78, 5) is 0. The number of nitrogens with one attached hydrogen (secondary N) is 1. The van der Waals surface area contributed by atoms with E-state index >= 15 is 0 Å². The average Bonchev–Trinajstić information content (AvgIpc) is 2.04. The fraction of sp³-hybridized carbons (Fsp3) is 0.333. The molecule has 12 heavy (non-hydrogen) atoms. The van der Waals surface area contributed by atoms with Crippen molar-refractivity contribution in [3.63, 3.8) is 0 Å². The minimum atomic E-state index is 0.677. The minimum absolute atomic E-state index is 0.677. The van der Waals surface area contributed by atoms with Crippen molar-refractivity contribution < 1.29 is 0 Å². The lowest BCUT2D eigenvalue weighted by atomic mass is 10.3. The van der Waals surface area contributed by atoms with Crippen LogP contribution in [0.3, 0.4) is 0 Å².